The van der Waals surface area contributed by atoms with Gasteiger partial charge in [-0.15, -0.1) is 0 Å². The third-order valence-electron chi connectivity index (χ3n) is 8.09. The van der Waals surface area contributed by atoms with E-state index in [1.807, 2.05) is 11.8 Å². The van der Waals surface area contributed by atoms with Gasteiger partial charge in [0.2, 0.25) is 5.91 Å². The summed E-state index contributed by atoms with van der Waals surface area (Å²) >= 11 is 0. The zero-order valence-corrected chi connectivity index (χ0v) is 19.1. The molecule has 0 aromatic heterocycles. The van der Waals surface area contributed by atoms with Gasteiger partial charge in [0.1, 0.15) is 6.17 Å². The van der Waals surface area contributed by atoms with Crippen LogP contribution in [0.15, 0.2) is 0 Å². The Labute approximate surface area is 185 Å². The number of urea groups is 1. The number of nitrogens with zero attached hydrogens (tertiary/aromatic N) is 2. The highest BCUT2D eigenvalue weighted by molar-refractivity contribution is 5.82. The molecule has 2 saturated carbocycles. The predicted molar refractivity (Wildman–Crippen MR) is 119 cm³/mol. The van der Waals surface area contributed by atoms with Crippen LogP contribution in [0.3, 0.4) is 0 Å². The van der Waals surface area contributed by atoms with Crippen LogP contribution in [0.2, 0.25) is 0 Å². The molecule has 4 fully saturated rings. The van der Waals surface area contributed by atoms with Gasteiger partial charge in [-0.2, -0.15) is 0 Å². The van der Waals surface area contributed by atoms with Gasteiger partial charge in [-0.05, 0) is 57.8 Å². The van der Waals surface area contributed by atoms with Crippen LogP contribution in [0.25, 0.3) is 0 Å². The third kappa shape index (κ3) is 5.16. The number of alkyl halides is 1. The van der Waals surface area contributed by atoms with E-state index in [4.69, 9.17) is 0 Å². The maximum absolute atomic E-state index is 14.4. The molecule has 3 N–H and O–H groups in total. The van der Waals surface area contributed by atoms with E-state index in [-0.39, 0.29) is 36.0 Å². The van der Waals surface area contributed by atoms with E-state index in [9.17, 15) is 14.0 Å². The fourth-order valence-electron chi connectivity index (χ4n) is 6.28. The Morgan fingerprint density at radius 1 is 1.06 bits per heavy atom. The molecule has 2 saturated heterocycles. The standard InChI is InChI=1S/C23H40FN5O2/c1-3-25-23(31)29-11-9-28(10-12-29)17-6-4-5-16(13-17)26-22(30)20-14-18-19(24)8-7-15(2)21(18)27-20/h15-21,27H,3-14H2,1-2H3,(H,25,31)(H,26,30)/t15?,16-,17-,18?,19?,20?,21?/m1/s1. The molecule has 31 heavy (non-hydrogen) atoms. The van der Waals surface area contributed by atoms with Crippen LogP contribution in [0.1, 0.15) is 58.8 Å². The highest BCUT2D eigenvalue weighted by Gasteiger charge is 2.46. The summed E-state index contributed by atoms with van der Waals surface area (Å²) in [5.74, 6) is 0.479. The van der Waals surface area contributed by atoms with Gasteiger partial charge in [0.25, 0.3) is 0 Å². The van der Waals surface area contributed by atoms with Gasteiger partial charge in [0, 0.05) is 56.8 Å². The number of nitrogens with one attached hydrogen (secondary N) is 3. The van der Waals surface area contributed by atoms with E-state index >= 15 is 0 Å². The van der Waals surface area contributed by atoms with Crippen LogP contribution in [0.4, 0.5) is 9.18 Å². The molecule has 3 amide bonds. The van der Waals surface area contributed by atoms with Gasteiger partial charge in [0.15, 0.2) is 0 Å². The first-order chi connectivity index (χ1) is 15.0. The third-order valence-corrected chi connectivity index (χ3v) is 8.09. The number of halogens is 1. The molecule has 0 radical (unpaired) electrons. The van der Waals surface area contributed by atoms with Gasteiger partial charge in [-0.3, -0.25) is 9.69 Å². The summed E-state index contributed by atoms with van der Waals surface area (Å²) in [7, 11) is 0. The van der Waals surface area contributed by atoms with Crippen molar-refractivity contribution in [3.05, 3.63) is 0 Å². The van der Waals surface area contributed by atoms with Crippen molar-refractivity contribution >= 4 is 11.9 Å². The minimum absolute atomic E-state index is 0.0141. The van der Waals surface area contributed by atoms with Crippen molar-refractivity contribution in [1.29, 1.82) is 0 Å². The van der Waals surface area contributed by atoms with Crippen LogP contribution < -0.4 is 16.0 Å². The van der Waals surface area contributed by atoms with Gasteiger partial charge in [-0.25, -0.2) is 9.18 Å². The number of hydrogen-bond acceptors (Lipinski definition) is 4. The topological polar surface area (TPSA) is 76.7 Å². The molecule has 176 valence electrons. The summed E-state index contributed by atoms with van der Waals surface area (Å²) in [4.78, 5) is 29.4. The van der Waals surface area contributed by atoms with E-state index < -0.39 is 6.17 Å². The van der Waals surface area contributed by atoms with Gasteiger partial charge in [0.05, 0.1) is 6.04 Å². The smallest absolute Gasteiger partial charge is 0.317 e. The summed E-state index contributed by atoms with van der Waals surface area (Å²) in [6.07, 6.45) is 5.64. The van der Waals surface area contributed by atoms with Crippen LogP contribution in [-0.2, 0) is 4.79 Å². The van der Waals surface area contributed by atoms with E-state index in [1.54, 1.807) is 0 Å². The van der Waals surface area contributed by atoms with Crippen molar-refractivity contribution < 1.29 is 14.0 Å². The molecule has 2 heterocycles. The number of rotatable bonds is 4. The van der Waals surface area contributed by atoms with Crippen molar-refractivity contribution in [3.8, 4) is 0 Å². The predicted octanol–water partition coefficient (Wildman–Crippen LogP) is 1.88. The van der Waals surface area contributed by atoms with E-state index in [1.165, 1.54) is 0 Å². The molecule has 8 heteroatoms. The summed E-state index contributed by atoms with van der Waals surface area (Å²) in [6.45, 7) is 8.08. The van der Waals surface area contributed by atoms with Crippen molar-refractivity contribution in [2.45, 2.75) is 89.1 Å². The Morgan fingerprint density at radius 2 is 1.84 bits per heavy atom. The molecule has 0 aromatic carbocycles. The Hall–Kier alpha value is -1.41. The number of carbonyl (C=O) groups excluding carboxylic acids is 2. The SMILES string of the molecule is CCNC(=O)N1CCN([C@@H]2CCC[C@@H](NC(=O)C3CC4C(F)CCC(C)C4N3)C2)CC1. The maximum Gasteiger partial charge on any atom is 0.317 e. The summed E-state index contributed by atoms with van der Waals surface area (Å²) in [5.41, 5.74) is 0. The molecule has 2 aliphatic carbocycles. The van der Waals surface area contributed by atoms with Gasteiger partial charge in [-0.1, -0.05) is 6.92 Å². The molecule has 4 aliphatic rings. The molecule has 0 spiro atoms. The van der Waals surface area contributed by atoms with Crippen molar-refractivity contribution in [2.24, 2.45) is 11.8 Å². The lowest BCUT2D eigenvalue weighted by molar-refractivity contribution is -0.124. The fraction of sp³-hybridized carbons (Fsp3) is 0.913. The monoisotopic (exact) mass is 437 g/mol. The lowest BCUT2D eigenvalue weighted by atomic mass is 9.77. The fourth-order valence-corrected chi connectivity index (χ4v) is 6.28. The first kappa shape index (κ1) is 22.8. The van der Waals surface area contributed by atoms with Crippen LogP contribution in [0.5, 0.6) is 0 Å². The van der Waals surface area contributed by atoms with E-state index in [0.29, 0.717) is 31.3 Å². The second-order valence-electron chi connectivity index (χ2n) is 10.1. The zero-order valence-electron chi connectivity index (χ0n) is 19.1. The molecule has 0 aromatic rings. The number of piperazine rings is 1. The number of amides is 3. The average molecular weight is 438 g/mol. The Morgan fingerprint density at radius 3 is 2.55 bits per heavy atom. The second kappa shape index (κ2) is 10.0. The summed E-state index contributed by atoms with van der Waals surface area (Å²) in [5, 5.41) is 9.63. The average Bonchev–Trinajstić information content (AvgIpc) is 3.24. The first-order valence-corrected chi connectivity index (χ1v) is 12.4. The number of hydrogen-bond donors (Lipinski definition) is 3. The van der Waals surface area contributed by atoms with Crippen molar-refractivity contribution in [3.63, 3.8) is 0 Å². The molecular weight excluding hydrogens is 397 g/mol. The van der Waals surface area contributed by atoms with E-state index in [0.717, 1.165) is 58.3 Å². The summed E-state index contributed by atoms with van der Waals surface area (Å²) < 4.78 is 14.4. The normalized spacial score (nSPS) is 39.1. The summed E-state index contributed by atoms with van der Waals surface area (Å²) in [6, 6.07) is 0.570. The minimum Gasteiger partial charge on any atom is -0.352 e. The quantitative estimate of drug-likeness (QED) is 0.628. The minimum atomic E-state index is -0.774. The Balaban J connectivity index is 1.25. The van der Waals surface area contributed by atoms with Gasteiger partial charge >= 0.3 is 6.03 Å². The molecule has 2 aliphatic heterocycles. The molecule has 7 atom stereocenters. The van der Waals surface area contributed by atoms with Crippen molar-refractivity contribution in [1.82, 2.24) is 25.8 Å². The first-order valence-electron chi connectivity index (χ1n) is 12.4. The molecule has 4 rings (SSSR count). The van der Waals surface area contributed by atoms with Crippen molar-refractivity contribution in [2.75, 3.05) is 32.7 Å². The van der Waals surface area contributed by atoms with E-state index in [2.05, 4.69) is 27.8 Å². The molecular formula is C23H40FN5O2. The maximum atomic E-state index is 14.4. The number of fused-ring (bicyclic) bond motifs is 1. The molecule has 7 nitrogen and oxygen atoms in total. The van der Waals surface area contributed by atoms with Crippen LogP contribution >= 0.6 is 0 Å². The Bertz CT molecular complexity index is 623. The lowest BCUT2D eigenvalue weighted by Gasteiger charge is -2.42. The van der Waals surface area contributed by atoms with Crippen LogP contribution in [0, 0.1) is 11.8 Å². The Kier molecular flexibility index (Phi) is 7.37. The zero-order chi connectivity index (χ0) is 22.0. The van der Waals surface area contributed by atoms with Gasteiger partial charge < -0.3 is 20.9 Å². The molecule has 0 bridgehead atoms. The molecule has 5 unspecified atom stereocenters. The largest absolute Gasteiger partial charge is 0.352 e. The highest BCUT2D eigenvalue weighted by Crippen LogP contribution is 2.38. The lowest BCUT2D eigenvalue weighted by Crippen LogP contribution is -2.56. The highest BCUT2D eigenvalue weighted by atomic mass is 19.1. The number of carbonyl (C=O) groups is 2. The van der Waals surface area contributed by atoms with Crippen LogP contribution in [-0.4, -0.2) is 84.8 Å². The second-order valence-corrected chi connectivity index (χ2v) is 10.1.